The summed E-state index contributed by atoms with van der Waals surface area (Å²) in [5.41, 5.74) is 5.17. The first-order valence-electron chi connectivity index (χ1n) is 3.03. The maximum absolute atomic E-state index is 9.72. The van der Waals surface area contributed by atoms with Crippen molar-refractivity contribution in [3.05, 3.63) is 4.91 Å². The second-order valence-corrected chi connectivity index (χ2v) is 1.68. The lowest BCUT2D eigenvalue weighted by atomic mass is 10.6. The van der Waals surface area contributed by atoms with E-state index in [0.717, 1.165) is 0 Å². The van der Waals surface area contributed by atoms with Gasteiger partial charge < -0.3 is 5.73 Å². The van der Waals surface area contributed by atoms with Crippen molar-refractivity contribution < 1.29 is 5.21 Å². The van der Waals surface area contributed by atoms with Crippen LogP contribution in [0.4, 0.5) is 0 Å². The third kappa shape index (κ3) is 2.72. The van der Waals surface area contributed by atoms with Gasteiger partial charge >= 0.3 is 0 Å². The molecule has 0 saturated carbocycles. The summed E-state index contributed by atoms with van der Waals surface area (Å²) in [6.07, 6.45) is 0. The fourth-order valence-electron chi connectivity index (χ4n) is 0.575. The van der Waals surface area contributed by atoms with Gasteiger partial charge in [0.25, 0.3) is 0 Å². The smallest absolute Gasteiger partial charge is 0.0962 e. The Bertz CT molecular complexity index is 99.3. The fourth-order valence-corrected chi connectivity index (χ4v) is 0.575. The molecule has 6 heteroatoms. The number of hydrazine groups is 1. The van der Waals surface area contributed by atoms with Crippen LogP contribution in [0, 0.1) is 4.91 Å². The fraction of sp³-hybridized carbons (Fsp3) is 1.00. The van der Waals surface area contributed by atoms with Crippen LogP contribution in [0.1, 0.15) is 6.92 Å². The molecule has 0 aromatic carbocycles. The second kappa shape index (κ2) is 5.10. The number of hydrogen-bond acceptors (Lipinski definition) is 5. The molecule has 0 aromatic rings. The van der Waals surface area contributed by atoms with Gasteiger partial charge in [-0.1, -0.05) is 12.2 Å². The largest absolute Gasteiger partial charge is 0.329 e. The second-order valence-electron chi connectivity index (χ2n) is 1.68. The third-order valence-electron chi connectivity index (χ3n) is 1.08. The normalized spacial score (nSPS) is 10.0. The van der Waals surface area contributed by atoms with Crippen molar-refractivity contribution in [2.45, 2.75) is 6.92 Å². The maximum atomic E-state index is 9.72. The van der Waals surface area contributed by atoms with Gasteiger partial charge in [-0.05, 0) is 0 Å². The van der Waals surface area contributed by atoms with E-state index in [1.165, 1.54) is 5.01 Å². The number of nitroso groups, excluding NO2 is 1. The number of rotatable bonds is 5. The maximum Gasteiger partial charge on any atom is 0.0962 e. The minimum atomic E-state index is 0.257. The molecule has 0 radical (unpaired) electrons. The van der Waals surface area contributed by atoms with E-state index in [9.17, 15) is 4.91 Å². The average molecular weight is 148 g/mol. The Balaban J connectivity index is 3.67. The van der Waals surface area contributed by atoms with E-state index in [1.807, 2.05) is 0 Å². The van der Waals surface area contributed by atoms with Crippen LogP contribution in [-0.2, 0) is 0 Å². The predicted octanol–water partition coefficient (Wildman–Crippen LogP) is -0.445. The van der Waals surface area contributed by atoms with Crippen molar-refractivity contribution in [2.24, 2.45) is 11.0 Å². The SMILES string of the molecule is CCN(CCN)N(O)N=O. The summed E-state index contributed by atoms with van der Waals surface area (Å²) in [6, 6.07) is 0. The lowest BCUT2D eigenvalue weighted by Gasteiger charge is -2.21. The molecule has 0 fully saturated rings. The summed E-state index contributed by atoms with van der Waals surface area (Å²) in [5, 5.41) is 12.5. The van der Waals surface area contributed by atoms with Gasteiger partial charge in [-0.15, -0.1) is 4.91 Å². The Morgan fingerprint density at radius 3 is 2.60 bits per heavy atom. The van der Waals surface area contributed by atoms with Crippen molar-refractivity contribution in [3.8, 4) is 0 Å². The number of nitrogens with two attached hydrogens (primary N) is 1. The first-order chi connectivity index (χ1) is 4.76. The van der Waals surface area contributed by atoms with Crippen LogP contribution in [0.25, 0.3) is 0 Å². The Hall–Kier alpha value is -0.720. The van der Waals surface area contributed by atoms with Crippen LogP contribution in [0.2, 0.25) is 0 Å². The summed E-state index contributed by atoms with van der Waals surface area (Å²) in [7, 11) is 0. The molecule has 0 aliphatic rings. The van der Waals surface area contributed by atoms with Gasteiger partial charge in [0.2, 0.25) is 0 Å². The van der Waals surface area contributed by atoms with E-state index >= 15 is 0 Å². The Kier molecular flexibility index (Phi) is 4.73. The van der Waals surface area contributed by atoms with Crippen LogP contribution >= 0.6 is 0 Å². The minimum absolute atomic E-state index is 0.257. The van der Waals surface area contributed by atoms with E-state index in [0.29, 0.717) is 19.6 Å². The minimum Gasteiger partial charge on any atom is -0.329 e. The van der Waals surface area contributed by atoms with Gasteiger partial charge in [0.1, 0.15) is 0 Å². The molecular weight excluding hydrogens is 136 g/mol. The van der Waals surface area contributed by atoms with E-state index in [1.54, 1.807) is 6.92 Å². The molecule has 3 N–H and O–H groups in total. The Labute approximate surface area is 59.1 Å². The van der Waals surface area contributed by atoms with Crippen LogP contribution in [0.5, 0.6) is 0 Å². The van der Waals surface area contributed by atoms with E-state index in [2.05, 4.69) is 5.29 Å². The van der Waals surface area contributed by atoms with Crippen molar-refractivity contribution in [1.82, 2.24) is 10.3 Å². The average Bonchev–Trinajstić information content (AvgIpc) is 1.99. The van der Waals surface area contributed by atoms with Gasteiger partial charge in [0.05, 0.1) is 5.29 Å². The summed E-state index contributed by atoms with van der Waals surface area (Å²) >= 11 is 0. The van der Waals surface area contributed by atoms with Gasteiger partial charge in [-0.25, -0.2) is 0 Å². The predicted molar refractivity (Wildman–Crippen MR) is 35.7 cm³/mol. The zero-order valence-corrected chi connectivity index (χ0v) is 5.90. The molecule has 0 unspecified atom stereocenters. The molecule has 0 amide bonds. The topological polar surface area (TPSA) is 82.2 Å². The lowest BCUT2D eigenvalue weighted by Crippen LogP contribution is -2.39. The van der Waals surface area contributed by atoms with Crippen LogP contribution < -0.4 is 5.73 Å². The molecule has 0 aromatic heterocycles. The number of hydrogen-bond donors (Lipinski definition) is 2. The van der Waals surface area contributed by atoms with Gasteiger partial charge in [-0.3, -0.25) is 5.21 Å². The van der Waals surface area contributed by atoms with Gasteiger partial charge in [-0.2, -0.15) is 5.01 Å². The van der Waals surface area contributed by atoms with Crippen molar-refractivity contribution >= 4 is 0 Å². The Morgan fingerprint density at radius 1 is 1.70 bits per heavy atom. The highest BCUT2D eigenvalue weighted by atomic mass is 16.6. The molecular formula is C4H12N4O2. The Morgan fingerprint density at radius 2 is 2.30 bits per heavy atom. The van der Waals surface area contributed by atoms with E-state index < -0.39 is 0 Å². The molecule has 0 bridgehead atoms. The highest BCUT2D eigenvalue weighted by Crippen LogP contribution is 1.91. The molecule has 0 atom stereocenters. The molecule has 0 heterocycles. The molecule has 10 heavy (non-hydrogen) atoms. The zero-order valence-electron chi connectivity index (χ0n) is 5.90. The van der Waals surface area contributed by atoms with Gasteiger partial charge in [0, 0.05) is 19.6 Å². The molecule has 6 nitrogen and oxygen atoms in total. The van der Waals surface area contributed by atoms with E-state index in [-0.39, 0.29) is 5.28 Å². The van der Waals surface area contributed by atoms with Gasteiger partial charge in [0.15, 0.2) is 0 Å². The summed E-state index contributed by atoms with van der Waals surface area (Å²) < 4.78 is 0. The zero-order chi connectivity index (χ0) is 7.98. The summed E-state index contributed by atoms with van der Waals surface area (Å²) in [4.78, 5) is 9.72. The van der Waals surface area contributed by atoms with Crippen LogP contribution in [0.15, 0.2) is 5.29 Å². The monoisotopic (exact) mass is 148 g/mol. The first-order valence-corrected chi connectivity index (χ1v) is 3.03. The highest BCUT2D eigenvalue weighted by molar-refractivity contribution is 4.44. The van der Waals surface area contributed by atoms with E-state index in [4.69, 9.17) is 10.9 Å². The lowest BCUT2D eigenvalue weighted by molar-refractivity contribution is -0.245. The molecule has 0 saturated heterocycles. The van der Waals surface area contributed by atoms with Crippen LogP contribution in [0.3, 0.4) is 0 Å². The quantitative estimate of drug-likeness (QED) is 0.408. The summed E-state index contributed by atoms with van der Waals surface area (Å²) in [6.45, 7) is 3.07. The molecule has 0 spiro atoms. The summed E-state index contributed by atoms with van der Waals surface area (Å²) in [5.74, 6) is 0. The number of likely N-dealkylation sites (N-methyl/N-ethyl adjacent to an activating group) is 1. The van der Waals surface area contributed by atoms with Crippen molar-refractivity contribution in [3.63, 3.8) is 0 Å². The number of nitrogens with zero attached hydrogens (tertiary/aromatic N) is 3. The highest BCUT2D eigenvalue weighted by Gasteiger charge is 2.07. The van der Waals surface area contributed by atoms with Crippen molar-refractivity contribution in [2.75, 3.05) is 19.6 Å². The molecule has 0 aliphatic heterocycles. The van der Waals surface area contributed by atoms with Crippen LogP contribution in [-0.4, -0.2) is 35.1 Å². The third-order valence-corrected chi connectivity index (χ3v) is 1.08. The first kappa shape index (κ1) is 9.28. The molecule has 60 valence electrons. The standard InChI is InChI=1S/C4H12N4O2/c1-2-7(4-3-5)8(10)6-9/h10H,2-5H2,1H3. The molecule has 0 aliphatic carbocycles. The van der Waals surface area contributed by atoms with Crippen molar-refractivity contribution in [1.29, 1.82) is 0 Å². The molecule has 0 rings (SSSR count).